The Labute approximate surface area is 272 Å². The molecule has 45 heavy (non-hydrogen) atoms. The lowest BCUT2D eigenvalue weighted by molar-refractivity contribution is 0.235. The van der Waals surface area contributed by atoms with Crippen LogP contribution >= 0.6 is 15.8 Å². The molecule has 232 valence electrons. The SMILES string of the molecule is COc1ccc(OCCCN(CCCP(c2ccccc2)c2ccccc2)CCCP(c2ccccc2)c2ccccc2)cc1. The molecule has 0 fully saturated rings. The Morgan fingerprint density at radius 2 is 0.800 bits per heavy atom. The van der Waals surface area contributed by atoms with Crippen LogP contribution in [-0.2, 0) is 0 Å². The minimum atomic E-state index is -0.374. The third-order valence-electron chi connectivity index (χ3n) is 7.93. The summed E-state index contributed by atoms with van der Waals surface area (Å²) < 4.78 is 11.4. The summed E-state index contributed by atoms with van der Waals surface area (Å²) in [4.78, 5) is 2.68. The van der Waals surface area contributed by atoms with Crippen LogP contribution in [0.4, 0.5) is 0 Å². The smallest absolute Gasteiger partial charge is 0.119 e. The van der Waals surface area contributed by atoms with E-state index in [9.17, 15) is 0 Å². The van der Waals surface area contributed by atoms with Crippen LogP contribution in [-0.4, -0.2) is 50.6 Å². The summed E-state index contributed by atoms with van der Waals surface area (Å²) in [5.41, 5.74) is 0. The maximum Gasteiger partial charge on any atom is 0.119 e. The Kier molecular flexibility index (Phi) is 13.5. The Hall–Kier alpha value is -3.48. The minimum Gasteiger partial charge on any atom is -0.497 e. The molecule has 5 rings (SSSR count). The Balaban J connectivity index is 1.21. The standard InChI is InChI=1S/C40H45NO2P2/c1-42-35-25-27-36(28-26-35)43-32-14-29-41(30-15-33-44(37-17-6-2-7-18-37)38-19-8-3-9-20-38)31-16-34-45(39-21-10-4-11-22-39)40-23-12-5-13-24-40/h2-13,17-28H,14-16,29-34H2,1H3. The largest absolute Gasteiger partial charge is 0.497 e. The van der Waals surface area contributed by atoms with Gasteiger partial charge in [0.05, 0.1) is 13.7 Å². The molecular weight excluding hydrogens is 588 g/mol. The van der Waals surface area contributed by atoms with Crippen molar-refractivity contribution in [1.29, 1.82) is 0 Å². The maximum atomic E-state index is 6.10. The molecule has 5 heteroatoms. The fourth-order valence-electron chi connectivity index (χ4n) is 5.64. The average Bonchev–Trinajstić information content (AvgIpc) is 3.12. The summed E-state index contributed by atoms with van der Waals surface area (Å²) in [7, 11) is 0.942. The fourth-order valence-corrected chi connectivity index (χ4v) is 10.3. The number of ether oxygens (including phenoxy) is 2. The van der Waals surface area contributed by atoms with Crippen molar-refractivity contribution >= 4 is 37.1 Å². The summed E-state index contributed by atoms with van der Waals surface area (Å²) in [6, 6.07) is 52.3. The molecule has 5 aromatic rings. The van der Waals surface area contributed by atoms with E-state index in [0.717, 1.165) is 37.6 Å². The van der Waals surface area contributed by atoms with Gasteiger partial charge in [0.1, 0.15) is 11.5 Å². The van der Waals surface area contributed by atoms with E-state index < -0.39 is 0 Å². The van der Waals surface area contributed by atoms with Gasteiger partial charge < -0.3 is 14.4 Å². The van der Waals surface area contributed by atoms with Crippen molar-refractivity contribution in [2.75, 3.05) is 45.7 Å². The third-order valence-corrected chi connectivity index (χ3v) is 13.1. The predicted molar refractivity (Wildman–Crippen MR) is 197 cm³/mol. The number of nitrogens with zero attached hydrogens (tertiary/aromatic N) is 1. The average molecular weight is 634 g/mol. The normalized spacial score (nSPS) is 11.3. The van der Waals surface area contributed by atoms with Crippen molar-refractivity contribution in [3.8, 4) is 11.5 Å². The van der Waals surface area contributed by atoms with Gasteiger partial charge in [-0.1, -0.05) is 121 Å². The van der Waals surface area contributed by atoms with Gasteiger partial charge in [0, 0.05) is 6.54 Å². The molecule has 0 aromatic heterocycles. The zero-order valence-electron chi connectivity index (χ0n) is 26.4. The van der Waals surface area contributed by atoms with Crippen molar-refractivity contribution < 1.29 is 9.47 Å². The highest BCUT2D eigenvalue weighted by atomic mass is 31.1. The van der Waals surface area contributed by atoms with Gasteiger partial charge in [-0.05, 0) is 106 Å². The molecule has 0 radical (unpaired) electrons. The molecule has 0 saturated carbocycles. The predicted octanol–water partition coefficient (Wildman–Crippen LogP) is 7.81. The summed E-state index contributed by atoms with van der Waals surface area (Å²) in [6.45, 7) is 3.97. The second kappa shape index (κ2) is 18.5. The van der Waals surface area contributed by atoms with Gasteiger partial charge in [0.2, 0.25) is 0 Å². The highest BCUT2D eigenvalue weighted by Gasteiger charge is 2.16. The number of rotatable bonds is 18. The van der Waals surface area contributed by atoms with Gasteiger partial charge in [-0.3, -0.25) is 0 Å². The van der Waals surface area contributed by atoms with Crippen molar-refractivity contribution in [2.45, 2.75) is 19.3 Å². The molecule has 0 unspecified atom stereocenters. The summed E-state index contributed by atoms with van der Waals surface area (Å²) in [5.74, 6) is 1.75. The van der Waals surface area contributed by atoms with E-state index >= 15 is 0 Å². The van der Waals surface area contributed by atoms with Gasteiger partial charge in [-0.25, -0.2) is 0 Å². The maximum absolute atomic E-state index is 6.10. The lowest BCUT2D eigenvalue weighted by atomic mass is 10.3. The van der Waals surface area contributed by atoms with Crippen molar-refractivity contribution in [2.24, 2.45) is 0 Å². The monoisotopic (exact) mass is 633 g/mol. The first kappa shape index (κ1) is 32.9. The van der Waals surface area contributed by atoms with Crippen LogP contribution in [0.1, 0.15) is 19.3 Å². The number of hydrogen-bond acceptors (Lipinski definition) is 3. The fraction of sp³-hybridized carbons (Fsp3) is 0.250. The van der Waals surface area contributed by atoms with Crippen molar-refractivity contribution in [3.05, 3.63) is 146 Å². The van der Waals surface area contributed by atoms with Gasteiger partial charge in [-0.2, -0.15) is 0 Å². The highest BCUT2D eigenvalue weighted by molar-refractivity contribution is 7.73. The van der Waals surface area contributed by atoms with E-state index in [2.05, 4.69) is 126 Å². The number of benzene rings is 5. The van der Waals surface area contributed by atoms with Gasteiger partial charge in [-0.15, -0.1) is 0 Å². The van der Waals surface area contributed by atoms with E-state index in [0.29, 0.717) is 6.61 Å². The second-order valence-electron chi connectivity index (χ2n) is 11.1. The molecule has 0 spiro atoms. The van der Waals surface area contributed by atoms with Crippen LogP contribution in [0.25, 0.3) is 0 Å². The topological polar surface area (TPSA) is 21.7 Å². The summed E-state index contributed by atoms with van der Waals surface area (Å²) >= 11 is 0. The molecule has 3 nitrogen and oxygen atoms in total. The molecule has 0 N–H and O–H groups in total. The zero-order valence-corrected chi connectivity index (χ0v) is 28.2. The summed E-state index contributed by atoms with van der Waals surface area (Å²) in [5, 5.41) is 5.87. The zero-order chi connectivity index (χ0) is 30.9. The van der Waals surface area contributed by atoms with E-state index in [1.807, 2.05) is 24.3 Å². The first-order valence-electron chi connectivity index (χ1n) is 16.0. The highest BCUT2D eigenvalue weighted by Crippen LogP contribution is 2.35. The van der Waals surface area contributed by atoms with Crippen LogP contribution in [0.2, 0.25) is 0 Å². The molecular formula is C40H45NO2P2. The molecule has 0 aliphatic heterocycles. The molecule has 0 atom stereocenters. The number of methoxy groups -OCH3 is 1. The quantitative estimate of drug-likeness (QED) is 0.0726. The Morgan fingerprint density at radius 3 is 1.18 bits per heavy atom. The lowest BCUT2D eigenvalue weighted by Crippen LogP contribution is -2.30. The van der Waals surface area contributed by atoms with Gasteiger partial charge >= 0.3 is 0 Å². The first-order valence-corrected chi connectivity index (χ1v) is 19.1. The molecule has 0 aliphatic rings. The molecule has 0 saturated heterocycles. The van der Waals surface area contributed by atoms with E-state index in [-0.39, 0.29) is 15.8 Å². The van der Waals surface area contributed by atoms with Crippen molar-refractivity contribution in [1.82, 2.24) is 4.90 Å². The lowest BCUT2D eigenvalue weighted by Gasteiger charge is -2.26. The molecule has 0 heterocycles. The Bertz CT molecular complexity index is 1320. The van der Waals surface area contributed by atoms with Crippen LogP contribution in [0.3, 0.4) is 0 Å². The van der Waals surface area contributed by atoms with Crippen molar-refractivity contribution in [3.63, 3.8) is 0 Å². The van der Waals surface area contributed by atoms with Gasteiger partial charge in [0.15, 0.2) is 0 Å². The number of hydrogen-bond donors (Lipinski definition) is 0. The third kappa shape index (κ3) is 10.5. The van der Waals surface area contributed by atoms with Crippen LogP contribution in [0.5, 0.6) is 11.5 Å². The Morgan fingerprint density at radius 1 is 0.444 bits per heavy atom. The summed E-state index contributed by atoms with van der Waals surface area (Å²) in [6.07, 6.45) is 5.76. The second-order valence-corrected chi connectivity index (χ2v) is 15.7. The van der Waals surface area contributed by atoms with E-state index in [1.54, 1.807) is 7.11 Å². The molecule has 5 aromatic carbocycles. The van der Waals surface area contributed by atoms with E-state index in [4.69, 9.17) is 9.47 Å². The van der Waals surface area contributed by atoms with E-state index in [1.165, 1.54) is 46.4 Å². The molecule has 0 amide bonds. The molecule has 0 bridgehead atoms. The van der Waals surface area contributed by atoms with Crippen LogP contribution < -0.4 is 30.7 Å². The van der Waals surface area contributed by atoms with Gasteiger partial charge in [0.25, 0.3) is 0 Å². The van der Waals surface area contributed by atoms with Crippen LogP contribution in [0, 0.1) is 0 Å². The van der Waals surface area contributed by atoms with Crippen LogP contribution in [0.15, 0.2) is 146 Å². The minimum absolute atomic E-state index is 0.374. The molecule has 0 aliphatic carbocycles. The first-order chi connectivity index (χ1) is 22.3.